The molecule has 0 radical (unpaired) electrons. The Morgan fingerprint density at radius 3 is 3.00 bits per heavy atom. The Balaban J connectivity index is 2.18. The highest BCUT2D eigenvalue weighted by molar-refractivity contribution is 6.35. The van der Waals surface area contributed by atoms with E-state index in [2.05, 4.69) is 9.55 Å². The number of halogens is 2. The summed E-state index contributed by atoms with van der Waals surface area (Å²) in [4.78, 5) is 4.63. The van der Waals surface area contributed by atoms with E-state index in [-0.39, 0.29) is 5.38 Å². The van der Waals surface area contributed by atoms with Gasteiger partial charge in [-0.15, -0.1) is 11.6 Å². The zero-order chi connectivity index (χ0) is 13.4. The molecule has 2 unspecified atom stereocenters. The van der Waals surface area contributed by atoms with Gasteiger partial charge in [-0.05, 0) is 31.9 Å². The van der Waals surface area contributed by atoms with E-state index in [1.165, 1.54) is 0 Å². The van der Waals surface area contributed by atoms with Gasteiger partial charge >= 0.3 is 0 Å². The number of hydrogen-bond donors (Lipinski definition) is 0. The Bertz CT molecular complexity index is 588. The van der Waals surface area contributed by atoms with Gasteiger partial charge in [-0.2, -0.15) is 0 Å². The summed E-state index contributed by atoms with van der Waals surface area (Å²) in [6.45, 7) is 3.50. The number of ether oxygens (including phenoxy) is 1. The molecule has 0 amide bonds. The Labute approximate surface area is 122 Å². The summed E-state index contributed by atoms with van der Waals surface area (Å²) < 4.78 is 7.80. The van der Waals surface area contributed by atoms with Gasteiger partial charge in [-0.3, -0.25) is 0 Å². The Hall–Kier alpha value is -0.770. The fourth-order valence-corrected chi connectivity index (χ4v) is 3.06. The van der Waals surface area contributed by atoms with Gasteiger partial charge in [0.25, 0.3) is 0 Å². The first-order valence-electron chi connectivity index (χ1n) is 6.56. The van der Waals surface area contributed by atoms with E-state index in [1.807, 2.05) is 25.1 Å². The molecule has 102 valence electrons. The lowest BCUT2D eigenvalue weighted by Crippen LogP contribution is -2.23. The second-order valence-corrected chi connectivity index (χ2v) is 6.00. The van der Waals surface area contributed by atoms with Crippen LogP contribution in [-0.4, -0.2) is 22.8 Å². The number of para-hydroxylation sites is 1. The van der Waals surface area contributed by atoms with Crippen LogP contribution in [-0.2, 0) is 4.74 Å². The molecule has 0 spiro atoms. The molecular formula is C14H16Cl2N2O. The molecule has 0 bridgehead atoms. The van der Waals surface area contributed by atoms with Crippen molar-refractivity contribution in [2.45, 2.75) is 31.2 Å². The normalized spacial score (nSPS) is 21.7. The summed E-state index contributed by atoms with van der Waals surface area (Å²) in [6.07, 6.45) is 2.16. The minimum Gasteiger partial charge on any atom is -0.379 e. The first-order chi connectivity index (χ1) is 9.18. The maximum absolute atomic E-state index is 6.28. The second kappa shape index (κ2) is 5.31. The lowest BCUT2D eigenvalue weighted by Gasteiger charge is -2.26. The Morgan fingerprint density at radius 1 is 1.47 bits per heavy atom. The van der Waals surface area contributed by atoms with Crippen molar-refractivity contribution in [2.75, 3.05) is 13.2 Å². The molecule has 2 atom stereocenters. The van der Waals surface area contributed by atoms with Crippen LogP contribution in [0.5, 0.6) is 0 Å². The quantitative estimate of drug-likeness (QED) is 0.771. The molecule has 2 aromatic rings. The standard InChI is InChI=1S/C14H16Cl2N2O/c1-9(15)14-17-13-11(16)5-2-6-12(13)18(14)10-4-3-7-19-8-10/h2,5-6,9-10H,3-4,7-8H2,1H3. The third-order valence-electron chi connectivity index (χ3n) is 3.56. The molecule has 1 fully saturated rings. The minimum absolute atomic E-state index is 0.148. The number of imidazole rings is 1. The van der Waals surface area contributed by atoms with E-state index in [1.54, 1.807) is 0 Å². The molecule has 3 rings (SSSR count). The molecule has 1 saturated heterocycles. The van der Waals surface area contributed by atoms with E-state index in [0.29, 0.717) is 17.7 Å². The van der Waals surface area contributed by atoms with Crippen LogP contribution < -0.4 is 0 Å². The zero-order valence-electron chi connectivity index (χ0n) is 10.8. The molecule has 0 aliphatic carbocycles. The number of fused-ring (bicyclic) bond motifs is 1. The van der Waals surface area contributed by atoms with Gasteiger partial charge in [0.1, 0.15) is 11.3 Å². The third kappa shape index (κ3) is 2.35. The lowest BCUT2D eigenvalue weighted by molar-refractivity contribution is 0.0595. The number of nitrogens with zero attached hydrogens (tertiary/aromatic N) is 2. The predicted molar refractivity (Wildman–Crippen MR) is 78.1 cm³/mol. The van der Waals surface area contributed by atoms with Crippen LogP contribution in [0, 0.1) is 0 Å². The number of rotatable bonds is 2. The van der Waals surface area contributed by atoms with Crippen molar-refractivity contribution in [3.05, 3.63) is 29.0 Å². The van der Waals surface area contributed by atoms with Crippen molar-refractivity contribution < 1.29 is 4.74 Å². The molecule has 19 heavy (non-hydrogen) atoms. The average Bonchev–Trinajstić information content (AvgIpc) is 2.81. The fraction of sp³-hybridized carbons (Fsp3) is 0.500. The van der Waals surface area contributed by atoms with Crippen LogP contribution in [0.4, 0.5) is 0 Å². The molecule has 1 aliphatic heterocycles. The second-order valence-electron chi connectivity index (χ2n) is 4.93. The molecule has 2 heterocycles. The van der Waals surface area contributed by atoms with Gasteiger partial charge in [-0.1, -0.05) is 17.7 Å². The fourth-order valence-electron chi connectivity index (χ4n) is 2.69. The third-order valence-corrected chi connectivity index (χ3v) is 4.06. The van der Waals surface area contributed by atoms with Gasteiger partial charge in [0, 0.05) is 6.61 Å². The predicted octanol–water partition coefficient (Wildman–Crippen LogP) is 4.34. The molecular weight excluding hydrogens is 283 g/mol. The molecule has 0 N–H and O–H groups in total. The summed E-state index contributed by atoms with van der Waals surface area (Å²) in [7, 11) is 0. The topological polar surface area (TPSA) is 27.1 Å². The SMILES string of the molecule is CC(Cl)c1nc2c(Cl)cccc2n1C1CCCOC1. The number of alkyl halides is 1. The highest BCUT2D eigenvalue weighted by Crippen LogP contribution is 2.33. The van der Waals surface area contributed by atoms with Crippen molar-refractivity contribution in [3.63, 3.8) is 0 Å². The lowest BCUT2D eigenvalue weighted by atomic mass is 10.1. The molecule has 0 saturated carbocycles. The highest BCUT2D eigenvalue weighted by Gasteiger charge is 2.24. The van der Waals surface area contributed by atoms with E-state index in [9.17, 15) is 0 Å². The van der Waals surface area contributed by atoms with E-state index < -0.39 is 0 Å². The first kappa shape index (κ1) is 13.2. The van der Waals surface area contributed by atoms with Crippen molar-refractivity contribution in [1.29, 1.82) is 0 Å². The van der Waals surface area contributed by atoms with Crippen molar-refractivity contribution >= 4 is 34.2 Å². The Morgan fingerprint density at radius 2 is 2.32 bits per heavy atom. The highest BCUT2D eigenvalue weighted by atomic mass is 35.5. The first-order valence-corrected chi connectivity index (χ1v) is 7.38. The number of hydrogen-bond acceptors (Lipinski definition) is 2. The summed E-state index contributed by atoms with van der Waals surface area (Å²) in [5.41, 5.74) is 1.88. The van der Waals surface area contributed by atoms with E-state index >= 15 is 0 Å². The van der Waals surface area contributed by atoms with E-state index in [0.717, 1.165) is 36.3 Å². The molecule has 5 heteroatoms. The van der Waals surface area contributed by atoms with Gasteiger partial charge < -0.3 is 9.30 Å². The van der Waals surface area contributed by atoms with Crippen LogP contribution in [0.3, 0.4) is 0 Å². The van der Waals surface area contributed by atoms with Crippen LogP contribution >= 0.6 is 23.2 Å². The smallest absolute Gasteiger partial charge is 0.128 e. The van der Waals surface area contributed by atoms with Crippen molar-refractivity contribution in [1.82, 2.24) is 9.55 Å². The molecule has 1 aromatic carbocycles. The largest absolute Gasteiger partial charge is 0.379 e. The van der Waals surface area contributed by atoms with Crippen LogP contribution in [0.15, 0.2) is 18.2 Å². The van der Waals surface area contributed by atoms with Gasteiger partial charge in [-0.25, -0.2) is 4.98 Å². The van der Waals surface area contributed by atoms with E-state index in [4.69, 9.17) is 27.9 Å². The van der Waals surface area contributed by atoms with Crippen LogP contribution in [0.2, 0.25) is 5.02 Å². The summed E-state index contributed by atoms with van der Waals surface area (Å²) in [5, 5.41) is 0.525. The van der Waals surface area contributed by atoms with Crippen LogP contribution in [0.25, 0.3) is 11.0 Å². The number of aromatic nitrogens is 2. The van der Waals surface area contributed by atoms with Gasteiger partial charge in [0.05, 0.1) is 28.6 Å². The van der Waals surface area contributed by atoms with Crippen LogP contribution in [0.1, 0.15) is 37.0 Å². The maximum atomic E-state index is 6.28. The summed E-state index contributed by atoms with van der Waals surface area (Å²) >= 11 is 12.5. The monoisotopic (exact) mass is 298 g/mol. The zero-order valence-corrected chi connectivity index (χ0v) is 12.3. The minimum atomic E-state index is -0.148. The van der Waals surface area contributed by atoms with Crippen molar-refractivity contribution in [2.24, 2.45) is 0 Å². The van der Waals surface area contributed by atoms with Gasteiger partial charge in [0.2, 0.25) is 0 Å². The maximum Gasteiger partial charge on any atom is 0.128 e. The summed E-state index contributed by atoms with van der Waals surface area (Å²) in [6, 6.07) is 6.16. The number of benzene rings is 1. The van der Waals surface area contributed by atoms with Gasteiger partial charge in [0.15, 0.2) is 0 Å². The molecule has 1 aromatic heterocycles. The van der Waals surface area contributed by atoms with Crippen molar-refractivity contribution in [3.8, 4) is 0 Å². The Kier molecular flexibility index (Phi) is 3.70. The summed E-state index contributed by atoms with van der Waals surface area (Å²) in [5.74, 6) is 0.875. The average molecular weight is 299 g/mol. The molecule has 1 aliphatic rings. The molecule has 3 nitrogen and oxygen atoms in total.